The number of fused-ring (bicyclic) bond motifs is 1. The quantitative estimate of drug-likeness (QED) is 0.427. The molecule has 0 unspecified atom stereocenters. The minimum atomic E-state index is -0.837. The molecule has 34 heavy (non-hydrogen) atoms. The lowest BCUT2D eigenvalue weighted by atomic mass is 10.1. The highest BCUT2D eigenvalue weighted by atomic mass is 19.1. The molecule has 8 nitrogen and oxygen atoms in total. The predicted octanol–water partition coefficient (Wildman–Crippen LogP) is 4.12. The molecule has 0 saturated carbocycles. The van der Waals surface area contributed by atoms with Gasteiger partial charge in [-0.25, -0.2) is 8.78 Å². The Hall–Kier alpha value is -3.53. The number of carboxylic acids is 1. The lowest BCUT2D eigenvalue weighted by molar-refractivity contribution is -0.136. The normalized spacial score (nSPS) is 12.8. The zero-order chi connectivity index (χ0) is 24.2. The average molecular weight is 472 g/mol. The fourth-order valence-corrected chi connectivity index (χ4v) is 4.16. The standard InChI is InChI=1S/C24H27F2N5O3/c1-3-30(4-2)17-12-18(25)22(19(26)13-17)23-28-24(29-34-23)31-10-8-16-11-15(5-6-20(16)31)14-27-9-7-21(32)33/h5-6,11-13,27H,3-4,7-10,14H2,1-2H3,(H,32,33). The number of halogens is 2. The number of anilines is 3. The fourth-order valence-electron chi connectivity index (χ4n) is 4.16. The first-order valence-electron chi connectivity index (χ1n) is 11.3. The Morgan fingerprint density at radius 3 is 2.62 bits per heavy atom. The third kappa shape index (κ3) is 4.86. The third-order valence-electron chi connectivity index (χ3n) is 5.91. The molecule has 0 fully saturated rings. The van der Waals surface area contributed by atoms with Crippen LogP contribution >= 0.6 is 0 Å². The summed E-state index contributed by atoms with van der Waals surface area (Å²) in [4.78, 5) is 18.6. The number of carbonyl (C=O) groups is 1. The van der Waals surface area contributed by atoms with Gasteiger partial charge in [0.15, 0.2) is 0 Å². The Morgan fingerprint density at radius 2 is 1.94 bits per heavy atom. The molecule has 10 heteroatoms. The summed E-state index contributed by atoms with van der Waals surface area (Å²) in [5.74, 6) is -2.30. The van der Waals surface area contributed by atoms with Crippen LogP contribution in [-0.2, 0) is 17.8 Å². The predicted molar refractivity (Wildman–Crippen MR) is 124 cm³/mol. The van der Waals surface area contributed by atoms with E-state index in [9.17, 15) is 13.6 Å². The van der Waals surface area contributed by atoms with Crippen LogP contribution < -0.4 is 15.1 Å². The second-order valence-corrected chi connectivity index (χ2v) is 8.04. The van der Waals surface area contributed by atoms with Gasteiger partial charge in [0.1, 0.15) is 17.2 Å². The Labute approximate surface area is 196 Å². The first kappa shape index (κ1) is 23.6. The number of nitrogens with zero attached hydrogens (tertiary/aromatic N) is 4. The van der Waals surface area contributed by atoms with E-state index < -0.39 is 17.6 Å². The SMILES string of the molecule is CCN(CC)c1cc(F)c(-c2nc(N3CCc4cc(CNCCC(=O)O)ccc43)no2)c(F)c1. The lowest BCUT2D eigenvalue weighted by Crippen LogP contribution is -2.22. The summed E-state index contributed by atoms with van der Waals surface area (Å²) in [5.41, 5.74) is 3.16. The molecule has 1 aromatic heterocycles. The fraction of sp³-hybridized carbons (Fsp3) is 0.375. The van der Waals surface area contributed by atoms with Crippen molar-refractivity contribution in [3.05, 3.63) is 53.1 Å². The summed E-state index contributed by atoms with van der Waals surface area (Å²) >= 11 is 0. The Balaban J connectivity index is 1.51. The molecule has 0 aliphatic carbocycles. The summed E-state index contributed by atoms with van der Waals surface area (Å²) in [6, 6.07) is 8.50. The van der Waals surface area contributed by atoms with E-state index in [4.69, 9.17) is 9.63 Å². The molecule has 4 rings (SSSR count). The molecule has 2 heterocycles. The number of benzene rings is 2. The highest BCUT2D eigenvalue weighted by molar-refractivity contribution is 5.68. The van der Waals surface area contributed by atoms with E-state index in [1.54, 1.807) is 0 Å². The van der Waals surface area contributed by atoms with Crippen LogP contribution in [0.15, 0.2) is 34.9 Å². The zero-order valence-electron chi connectivity index (χ0n) is 19.1. The van der Waals surface area contributed by atoms with Crippen molar-refractivity contribution in [3.8, 4) is 11.5 Å². The minimum Gasteiger partial charge on any atom is -0.481 e. The van der Waals surface area contributed by atoms with Gasteiger partial charge in [-0.3, -0.25) is 4.79 Å². The van der Waals surface area contributed by atoms with Crippen LogP contribution in [0.1, 0.15) is 31.4 Å². The number of aromatic nitrogens is 2. The van der Waals surface area contributed by atoms with E-state index in [2.05, 4.69) is 21.5 Å². The summed E-state index contributed by atoms with van der Waals surface area (Å²) in [6.07, 6.45) is 0.821. The van der Waals surface area contributed by atoms with Crippen molar-refractivity contribution in [2.75, 3.05) is 36.0 Å². The Bertz CT molecular complexity index is 1160. The molecule has 0 radical (unpaired) electrons. The molecule has 0 spiro atoms. The van der Waals surface area contributed by atoms with E-state index in [1.807, 2.05) is 35.8 Å². The van der Waals surface area contributed by atoms with Crippen LogP contribution in [0.25, 0.3) is 11.5 Å². The number of hydrogen-bond acceptors (Lipinski definition) is 7. The number of carboxylic acid groups (broad SMARTS) is 1. The van der Waals surface area contributed by atoms with Gasteiger partial charge in [0, 0.05) is 44.1 Å². The van der Waals surface area contributed by atoms with Gasteiger partial charge >= 0.3 is 5.97 Å². The first-order valence-corrected chi connectivity index (χ1v) is 11.3. The van der Waals surface area contributed by atoms with E-state index in [-0.39, 0.29) is 23.8 Å². The maximum Gasteiger partial charge on any atom is 0.304 e. The van der Waals surface area contributed by atoms with Crippen LogP contribution in [0, 0.1) is 11.6 Å². The molecule has 2 N–H and O–H groups in total. The van der Waals surface area contributed by atoms with Crippen LogP contribution in [-0.4, -0.2) is 47.4 Å². The van der Waals surface area contributed by atoms with Gasteiger partial charge in [0.05, 0.1) is 6.42 Å². The molecular weight excluding hydrogens is 444 g/mol. The summed E-state index contributed by atoms with van der Waals surface area (Å²) in [6.45, 7) is 6.68. The van der Waals surface area contributed by atoms with E-state index in [0.29, 0.717) is 38.4 Å². The number of hydrogen-bond donors (Lipinski definition) is 2. The molecule has 0 atom stereocenters. The van der Waals surface area contributed by atoms with Crippen molar-refractivity contribution in [2.45, 2.75) is 33.2 Å². The van der Waals surface area contributed by atoms with Crippen LogP contribution in [0.5, 0.6) is 0 Å². The highest BCUT2D eigenvalue weighted by Crippen LogP contribution is 2.36. The highest BCUT2D eigenvalue weighted by Gasteiger charge is 2.27. The van der Waals surface area contributed by atoms with Crippen molar-refractivity contribution in [3.63, 3.8) is 0 Å². The Kier molecular flexibility index (Phi) is 7.06. The van der Waals surface area contributed by atoms with Crippen molar-refractivity contribution >= 4 is 23.3 Å². The molecule has 180 valence electrons. The van der Waals surface area contributed by atoms with E-state index in [0.717, 1.165) is 23.2 Å². The molecule has 0 bridgehead atoms. The average Bonchev–Trinajstić information content (AvgIpc) is 3.44. The Morgan fingerprint density at radius 1 is 1.21 bits per heavy atom. The smallest absolute Gasteiger partial charge is 0.304 e. The second-order valence-electron chi connectivity index (χ2n) is 8.04. The topological polar surface area (TPSA) is 94.7 Å². The van der Waals surface area contributed by atoms with Crippen molar-refractivity contribution < 1.29 is 23.2 Å². The molecule has 0 saturated heterocycles. The van der Waals surface area contributed by atoms with Crippen molar-refractivity contribution in [1.29, 1.82) is 0 Å². The van der Waals surface area contributed by atoms with Gasteiger partial charge in [-0.1, -0.05) is 12.1 Å². The molecular formula is C24H27F2N5O3. The number of rotatable bonds is 10. The summed E-state index contributed by atoms with van der Waals surface area (Å²) in [5, 5.41) is 15.8. The van der Waals surface area contributed by atoms with Crippen LogP contribution in [0.2, 0.25) is 0 Å². The molecule has 1 aliphatic heterocycles. The van der Waals surface area contributed by atoms with Crippen LogP contribution in [0.4, 0.5) is 26.1 Å². The zero-order valence-corrected chi connectivity index (χ0v) is 19.1. The minimum absolute atomic E-state index is 0.0677. The monoisotopic (exact) mass is 471 g/mol. The largest absolute Gasteiger partial charge is 0.481 e. The maximum absolute atomic E-state index is 14.8. The van der Waals surface area contributed by atoms with Gasteiger partial charge in [-0.05, 0) is 54.8 Å². The van der Waals surface area contributed by atoms with E-state index >= 15 is 0 Å². The van der Waals surface area contributed by atoms with Gasteiger partial charge in [-0.15, -0.1) is 0 Å². The van der Waals surface area contributed by atoms with Gasteiger partial charge in [0.2, 0.25) is 0 Å². The maximum atomic E-state index is 14.8. The number of aliphatic carboxylic acids is 1. The molecule has 0 amide bonds. The molecule has 3 aromatic rings. The van der Waals surface area contributed by atoms with Crippen molar-refractivity contribution in [1.82, 2.24) is 15.5 Å². The lowest BCUT2D eigenvalue weighted by Gasteiger charge is -2.21. The third-order valence-corrected chi connectivity index (χ3v) is 5.91. The van der Waals surface area contributed by atoms with Crippen molar-refractivity contribution in [2.24, 2.45) is 0 Å². The molecule has 2 aromatic carbocycles. The summed E-state index contributed by atoms with van der Waals surface area (Å²) < 4.78 is 34.9. The molecule has 1 aliphatic rings. The summed E-state index contributed by atoms with van der Waals surface area (Å²) in [7, 11) is 0. The van der Waals surface area contributed by atoms with Gasteiger partial charge < -0.3 is 24.7 Å². The first-order chi connectivity index (χ1) is 16.4. The van der Waals surface area contributed by atoms with Gasteiger partial charge in [0.25, 0.3) is 11.8 Å². The van der Waals surface area contributed by atoms with Gasteiger partial charge in [-0.2, -0.15) is 4.98 Å². The van der Waals surface area contributed by atoms with E-state index in [1.165, 1.54) is 12.1 Å². The number of nitrogens with one attached hydrogen (secondary N) is 1. The second kappa shape index (κ2) is 10.2. The van der Waals surface area contributed by atoms with Crippen LogP contribution in [0.3, 0.4) is 0 Å².